The number of piperazine rings is 1. The average Bonchev–Trinajstić information content (AvgIpc) is 2.92. The predicted molar refractivity (Wildman–Crippen MR) is 85.2 cm³/mol. The van der Waals surface area contributed by atoms with Gasteiger partial charge in [-0.2, -0.15) is 0 Å². The third-order valence-corrected chi connectivity index (χ3v) is 4.43. The summed E-state index contributed by atoms with van der Waals surface area (Å²) in [4.78, 5) is 4.59. The zero-order chi connectivity index (χ0) is 14.4. The van der Waals surface area contributed by atoms with E-state index in [9.17, 15) is 0 Å². The smallest absolute Gasteiger partial charge is 0.231 e. The number of anilines is 1. The van der Waals surface area contributed by atoms with Gasteiger partial charge in [0.25, 0.3) is 0 Å². The van der Waals surface area contributed by atoms with Crippen molar-refractivity contribution in [1.29, 1.82) is 0 Å². The molecule has 1 aliphatic rings. The molecule has 4 rings (SSSR count). The molecule has 2 aromatic heterocycles. The van der Waals surface area contributed by atoms with E-state index in [4.69, 9.17) is 11.6 Å². The first-order valence-corrected chi connectivity index (χ1v) is 7.47. The maximum Gasteiger partial charge on any atom is 0.231 e. The van der Waals surface area contributed by atoms with E-state index in [1.807, 2.05) is 34.9 Å². The maximum absolute atomic E-state index is 6.42. The van der Waals surface area contributed by atoms with E-state index in [1.54, 1.807) is 0 Å². The maximum atomic E-state index is 6.42. The Morgan fingerprint density at radius 2 is 1.71 bits per heavy atom. The first-order valence-electron chi connectivity index (χ1n) is 7.09. The highest BCUT2D eigenvalue weighted by Crippen LogP contribution is 2.28. The Kier molecular flexibility index (Phi) is 2.97. The monoisotopic (exact) mass is 301 g/mol. The number of halogens is 1. The standard InChI is InChI=1S/C15H16ClN5/c1-19-6-8-20(9-7-19)15-18-17-14-12-5-3-2-4-11(12)13(16)10-21(14)15/h2-5,10H,6-9H2,1H3. The van der Waals surface area contributed by atoms with Crippen molar-refractivity contribution >= 4 is 34.0 Å². The van der Waals surface area contributed by atoms with Gasteiger partial charge in [-0.25, -0.2) is 0 Å². The zero-order valence-electron chi connectivity index (χ0n) is 11.8. The molecule has 0 unspecified atom stereocenters. The summed E-state index contributed by atoms with van der Waals surface area (Å²) >= 11 is 6.42. The van der Waals surface area contributed by atoms with Gasteiger partial charge in [-0.05, 0) is 7.05 Å². The second-order valence-corrected chi connectivity index (χ2v) is 5.91. The van der Waals surface area contributed by atoms with Crippen LogP contribution in [0.25, 0.3) is 16.4 Å². The van der Waals surface area contributed by atoms with Gasteiger partial charge in [0.2, 0.25) is 5.95 Å². The molecule has 3 heterocycles. The van der Waals surface area contributed by atoms with Crippen LogP contribution in [-0.4, -0.2) is 52.7 Å². The predicted octanol–water partition coefficient (Wildman–Crippen LogP) is 2.29. The summed E-state index contributed by atoms with van der Waals surface area (Å²) in [7, 11) is 2.14. The largest absolute Gasteiger partial charge is 0.338 e. The molecule has 1 saturated heterocycles. The number of hydrogen-bond donors (Lipinski definition) is 0. The van der Waals surface area contributed by atoms with Gasteiger partial charge >= 0.3 is 0 Å². The topological polar surface area (TPSA) is 36.7 Å². The fourth-order valence-corrected chi connectivity index (χ4v) is 3.14. The van der Waals surface area contributed by atoms with Gasteiger partial charge in [0.15, 0.2) is 5.65 Å². The molecular weight excluding hydrogens is 286 g/mol. The van der Waals surface area contributed by atoms with E-state index in [2.05, 4.69) is 27.0 Å². The summed E-state index contributed by atoms with van der Waals surface area (Å²) in [6.07, 6.45) is 1.92. The number of fused-ring (bicyclic) bond motifs is 3. The van der Waals surface area contributed by atoms with E-state index < -0.39 is 0 Å². The van der Waals surface area contributed by atoms with Crippen LogP contribution in [0.15, 0.2) is 30.5 Å². The second-order valence-electron chi connectivity index (χ2n) is 5.51. The Bertz CT molecular complexity index is 804. The molecule has 1 aromatic carbocycles. The zero-order valence-corrected chi connectivity index (χ0v) is 12.6. The Morgan fingerprint density at radius 1 is 1.00 bits per heavy atom. The molecule has 0 N–H and O–H groups in total. The lowest BCUT2D eigenvalue weighted by molar-refractivity contribution is 0.311. The molecule has 0 spiro atoms. The number of likely N-dealkylation sites (N-methyl/N-ethyl adjacent to an activating group) is 1. The van der Waals surface area contributed by atoms with Crippen LogP contribution in [0.5, 0.6) is 0 Å². The normalized spacial score (nSPS) is 17.0. The third kappa shape index (κ3) is 2.04. The molecule has 0 amide bonds. The molecule has 6 heteroatoms. The van der Waals surface area contributed by atoms with E-state index in [1.165, 1.54) is 0 Å². The van der Waals surface area contributed by atoms with Crippen molar-refractivity contribution in [2.24, 2.45) is 0 Å². The van der Waals surface area contributed by atoms with Crippen LogP contribution < -0.4 is 4.90 Å². The lowest BCUT2D eigenvalue weighted by Crippen LogP contribution is -2.45. The Balaban J connectivity index is 1.88. The number of aromatic nitrogens is 3. The highest BCUT2D eigenvalue weighted by atomic mass is 35.5. The first-order chi connectivity index (χ1) is 10.2. The minimum absolute atomic E-state index is 0.730. The average molecular weight is 302 g/mol. The summed E-state index contributed by atoms with van der Waals surface area (Å²) in [5.74, 6) is 0.880. The summed E-state index contributed by atoms with van der Waals surface area (Å²) < 4.78 is 2.01. The van der Waals surface area contributed by atoms with Gasteiger partial charge in [-0.15, -0.1) is 10.2 Å². The number of benzene rings is 1. The number of hydrogen-bond acceptors (Lipinski definition) is 4. The van der Waals surface area contributed by atoms with Crippen LogP contribution in [0.1, 0.15) is 0 Å². The van der Waals surface area contributed by atoms with Crippen LogP contribution in [-0.2, 0) is 0 Å². The van der Waals surface area contributed by atoms with Crippen molar-refractivity contribution in [2.75, 3.05) is 38.1 Å². The summed E-state index contributed by atoms with van der Waals surface area (Å²) in [5, 5.41) is 11.6. The quantitative estimate of drug-likeness (QED) is 0.691. The van der Waals surface area contributed by atoms with E-state index >= 15 is 0 Å². The fourth-order valence-electron chi connectivity index (χ4n) is 2.88. The Labute approximate surface area is 127 Å². The number of nitrogens with zero attached hydrogens (tertiary/aromatic N) is 5. The lowest BCUT2D eigenvalue weighted by atomic mass is 10.2. The van der Waals surface area contributed by atoms with Crippen molar-refractivity contribution in [3.63, 3.8) is 0 Å². The van der Waals surface area contributed by atoms with Crippen molar-refractivity contribution in [3.8, 4) is 0 Å². The van der Waals surface area contributed by atoms with Gasteiger partial charge in [-0.1, -0.05) is 35.9 Å². The molecule has 5 nitrogen and oxygen atoms in total. The molecule has 3 aromatic rings. The van der Waals surface area contributed by atoms with Crippen LogP contribution in [0.2, 0.25) is 5.02 Å². The van der Waals surface area contributed by atoms with Crippen molar-refractivity contribution in [2.45, 2.75) is 0 Å². The molecular formula is C15H16ClN5. The van der Waals surface area contributed by atoms with Gasteiger partial charge in [-0.3, -0.25) is 4.40 Å². The molecule has 1 aliphatic heterocycles. The fraction of sp³-hybridized carbons (Fsp3) is 0.333. The number of rotatable bonds is 1. The highest BCUT2D eigenvalue weighted by Gasteiger charge is 2.20. The van der Waals surface area contributed by atoms with Gasteiger partial charge < -0.3 is 9.80 Å². The molecule has 0 radical (unpaired) electrons. The Hall–Kier alpha value is -1.85. The Morgan fingerprint density at radius 3 is 2.48 bits per heavy atom. The summed E-state index contributed by atoms with van der Waals surface area (Å²) in [6, 6.07) is 8.05. The molecule has 0 bridgehead atoms. The number of pyridine rings is 1. The van der Waals surface area contributed by atoms with Crippen LogP contribution in [0.3, 0.4) is 0 Å². The molecule has 0 saturated carbocycles. The lowest BCUT2D eigenvalue weighted by Gasteiger charge is -2.32. The van der Waals surface area contributed by atoms with Gasteiger partial charge in [0.1, 0.15) is 0 Å². The molecule has 21 heavy (non-hydrogen) atoms. The minimum Gasteiger partial charge on any atom is -0.338 e. The van der Waals surface area contributed by atoms with Crippen LogP contribution in [0.4, 0.5) is 5.95 Å². The third-order valence-electron chi connectivity index (χ3n) is 4.13. The summed E-state index contributed by atoms with van der Waals surface area (Å²) in [6.45, 7) is 4.00. The van der Waals surface area contributed by atoms with Gasteiger partial charge in [0, 0.05) is 43.1 Å². The van der Waals surface area contributed by atoms with Gasteiger partial charge in [0.05, 0.1) is 5.02 Å². The van der Waals surface area contributed by atoms with E-state index in [0.29, 0.717) is 0 Å². The molecule has 0 atom stereocenters. The first kappa shape index (κ1) is 12.9. The second kappa shape index (κ2) is 4.86. The van der Waals surface area contributed by atoms with E-state index in [-0.39, 0.29) is 0 Å². The van der Waals surface area contributed by atoms with Crippen LogP contribution >= 0.6 is 11.6 Å². The van der Waals surface area contributed by atoms with Crippen LogP contribution in [0, 0.1) is 0 Å². The highest BCUT2D eigenvalue weighted by molar-refractivity contribution is 6.35. The minimum atomic E-state index is 0.730. The molecule has 0 aliphatic carbocycles. The van der Waals surface area contributed by atoms with Crippen molar-refractivity contribution in [1.82, 2.24) is 19.5 Å². The summed E-state index contributed by atoms with van der Waals surface area (Å²) in [5.41, 5.74) is 0.865. The van der Waals surface area contributed by atoms with Crippen molar-refractivity contribution in [3.05, 3.63) is 35.5 Å². The molecule has 1 fully saturated rings. The molecule has 108 valence electrons. The van der Waals surface area contributed by atoms with E-state index in [0.717, 1.165) is 53.6 Å². The SMILES string of the molecule is CN1CCN(c2nnc3c4ccccc4c(Cl)cn23)CC1. The van der Waals surface area contributed by atoms with Crippen molar-refractivity contribution < 1.29 is 0 Å².